The van der Waals surface area contributed by atoms with E-state index in [1.165, 1.54) is 0 Å². The second-order valence-corrected chi connectivity index (χ2v) is 6.02. The molecule has 0 saturated carbocycles. The Labute approximate surface area is 142 Å². The lowest BCUT2D eigenvalue weighted by Gasteiger charge is -2.08. The van der Waals surface area contributed by atoms with E-state index < -0.39 is 5.60 Å². The third-order valence-corrected chi connectivity index (χ3v) is 3.54. The van der Waals surface area contributed by atoms with Gasteiger partial charge in [0.2, 0.25) is 0 Å². The molecule has 0 aliphatic rings. The topological polar surface area (TPSA) is 29.5 Å². The summed E-state index contributed by atoms with van der Waals surface area (Å²) in [4.78, 5) is 0. The molecular formula is C22H19O2. The third kappa shape index (κ3) is 4.38. The molecule has 0 bridgehead atoms. The molecule has 2 heteroatoms. The lowest BCUT2D eigenvalue weighted by atomic mass is 10.1. The van der Waals surface area contributed by atoms with Crippen molar-refractivity contribution in [3.05, 3.63) is 84.8 Å². The maximum atomic E-state index is 9.58. The highest BCUT2D eigenvalue weighted by Gasteiger charge is 2.06. The standard InChI is InChI=1S/C22H19O2/c1-22(2,23)13-12-17-8-9-20-15-21(11-10-19(20)14-17)24-16-18-6-4-3-5-7-18/h3-11,14-15,23H,1,16H2,2H3. The van der Waals surface area contributed by atoms with E-state index in [2.05, 4.69) is 18.8 Å². The molecule has 0 fully saturated rings. The predicted molar refractivity (Wildman–Crippen MR) is 97.6 cm³/mol. The van der Waals surface area contributed by atoms with Gasteiger partial charge in [0.1, 0.15) is 18.0 Å². The van der Waals surface area contributed by atoms with Crippen molar-refractivity contribution in [3.63, 3.8) is 0 Å². The first kappa shape index (κ1) is 16.1. The molecule has 119 valence electrons. The maximum absolute atomic E-state index is 9.58. The van der Waals surface area contributed by atoms with Crippen molar-refractivity contribution >= 4 is 10.8 Å². The summed E-state index contributed by atoms with van der Waals surface area (Å²) in [7, 11) is 0. The zero-order valence-electron chi connectivity index (χ0n) is 13.6. The van der Waals surface area contributed by atoms with Crippen LogP contribution in [0.2, 0.25) is 0 Å². The van der Waals surface area contributed by atoms with Crippen LogP contribution in [0.3, 0.4) is 0 Å². The summed E-state index contributed by atoms with van der Waals surface area (Å²) in [5.41, 5.74) is 0.761. The number of rotatable bonds is 3. The molecule has 0 aliphatic heterocycles. The molecular weight excluding hydrogens is 296 g/mol. The van der Waals surface area contributed by atoms with E-state index in [1.807, 2.05) is 66.7 Å². The minimum Gasteiger partial charge on any atom is -0.489 e. The van der Waals surface area contributed by atoms with Crippen molar-refractivity contribution in [2.45, 2.75) is 19.1 Å². The van der Waals surface area contributed by atoms with Gasteiger partial charge >= 0.3 is 0 Å². The number of fused-ring (bicyclic) bond motifs is 1. The quantitative estimate of drug-likeness (QED) is 0.728. The van der Waals surface area contributed by atoms with Gasteiger partial charge in [0.15, 0.2) is 0 Å². The number of hydrogen-bond acceptors (Lipinski definition) is 2. The summed E-state index contributed by atoms with van der Waals surface area (Å²) in [5, 5.41) is 11.8. The van der Waals surface area contributed by atoms with Crippen LogP contribution >= 0.6 is 0 Å². The Hall–Kier alpha value is -2.76. The van der Waals surface area contributed by atoms with Crippen LogP contribution in [0.15, 0.2) is 66.7 Å². The maximum Gasteiger partial charge on any atom is 0.123 e. The van der Waals surface area contributed by atoms with Gasteiger partial charge in [-0.1, -0.05) is 54.3 Å². The van der Waals surface area contributed by atoms with E-state index in [9.17, 15) is 5.11 Å². The van der Waals surface area contributed by atoms with Gasteiger partial charge in [0.25, 0.3) is 0 Å². The van der Waals surface area contributed by atoms with E-state index in [1.54, 1.807) is 6.92 Å². The molecule has 0 amide bonds. The third-order valence-electron chi connectivity index (χ3n) is 3.54. The van der Waals surface area contributed by atoms with Crippen LogP contribution < -0.4 is 4.74 Å². The largest absolute Gasteiger partial charge is 0.489 e. The smallest absolute Gasteiger partial charge is 0.123 e. The highest BCUT2D eigenvalue weighted by atomic mass is 16.5. The predicted octanol–water partition coefficient (Wildman–Crippen LogP) is 4.36. The van der Waals surface area contributed by atoms with Gasteiger partial charge in [0.05, 0.1) is 0 Å². The van der Waals surface area contributed by atoms with Gasteiger partial charge in [-0.3, -0.25) is 0 Å². The molecule has 3 aromatic carbocycles. The first-order chi connectivity index (χ1) is 11.5. The fourth-order valence-electron chi connectivity index (χ4n) is 2.34. The summed E-state index contributed by atoms with van der Waals surface area (Å²) in [5.74, 6) is 6.51. The number of aliphatic hydroxyl groups is 1. The van der Waals surface area contributed by atoms with Crippen molar-refractivity contribution < 1.29 is 9.84 Å². The Bertz CT molecular complexity index is 894. The molecule has 0 aromatic heterocycles. The molecule has 2 nitrogen and oxygen atoms in total. The van der Waals surface area contributed by atoms with Crippen molar-refractivity contribution in [3.8, 4) is 17.6 Å². The van der Waals surface area contributed by atoms with Crippen molar-refractivity contribution in [1.82, 2.24) is 0 Å². The van der Waals surface area contributed by atoms with Crippen LogP contribution in [-0.2, 0) is 6.61 Å². The van der Waals surface area contributed by atoms with Gasteiger partial charge in [0, 0.05) is 5.56 Å². The summed E-state index contributed by atoms with van der Waals surface area (Å²) in [6.45, 7) is 5.69. The molecule has 1 atom stereocenters. The lowest BCUT2D eigenvalue weighted by molar-refractivity contribution is 0.171. The van der Waals surface area contributed by atoms with E-state index in [4.69, 9.17) is 4.74 Å². The Kier molecular flexibility index (Phi) is 4.55. The first-order valence-corrected chi connectivity index (χ1v) is 7.81. The zero-order chi connectivity index (χ0) is 17.0. The molecule has 3 aromatic rings. The average Bonchev–Trinajstić information content (AvgIpc) is 2.58. The van der Waals surface area contributed by atoms with Crippen LogP contribution in [-0.4, -0.2) is 10.7 Å². The number of hydrogen-bond donors (Lipinski definition) is 1. The molecule has 1 radical (unpaired) electrons. The minimum absolute atomic E-state index is 0.550. The molecule has 3 rings (SSSR count). The molecule has 24 heavy (non-hydrogen) atoms. The normalized spacial score (nSPS) is 11.0. The van der Waals surface area contributed by atoms with Crippen LogP contribution in [0.1, 0.15) is 18.1 Å². The van der Waals surface area contributed by atoms with Crippen molar-refractivity contribution in [1.29, 1.82) is 0 Å². The van der Waals surface area contributed by atoms with Crippen LogP contribution in [0.5, 0.6) is 5.75 Å². The van der Waals surface area contributed by atoms with E-state index in [0.29, 0.717) is 6.61 Å². The SMILES string of the molecule is [CH2]C(C)(O)C#Cc1ccc2cc(OCc3ccccc3)ccc2c1. The van der Waals surface area contributed by atoms with Crippen molar-refractivity contribution in [2.24, 2.45) is 0 Å². The van der Waals surface area contributed by atoms with Gasteiger partial charge in [-0.2, -0.15) is 0 Å². The zero-order valence-corrected chi connectivity index (χ0v) is 13.6. The summed E-state index contributed by atoms with van der Waals surface area (Å²) >= 11 is 0. The average molecular weight is 315 g/mol. The second-order valence-electron chi connectivity index (χ2n) is 6.02. The minimum atomic E-state index is -1.23. The summed E-state index contributed by atoms with van der Waals surface area (Å²) in [6.07, 6.45) is 0. The summed E-state index contributed by atoms with van der Waals surface area (Å²) in [6, 6.07) is 22.0. The molecule has 0 spiro atoms. The molecule has 0 saturated heterocycles. The Morgan fingerprint density at radius 2 is 1.71 bits per heavy atom. The van der Waals surface area contributed by atoms with Crippen LogP contribution in [0.25, 0.3) is 10.8 Å². The second kappa shape index (κ2) is 6.78. The Balaban J connectivity index is 1.78. The number of ether oxygens (including phenoxy) is 1. The lowest BCUT2D eigenvalue weighted by Crippen LogP contribution is -2.15. The van der Waals surface area contributed by atoms with Gasteiger partial charge < -0.3 is 9.84 Å². The first-order valence-electron chi connectivity index (χ1n) is 7.81. The van der Waals surface area contributed by atoms with Gasteiger partial charge in [-0.15, -0.1) is 0 Å². The van der Waals surface area contributed by atoms with E-state index in [0.717, 1.165) is 27.6 Å². The fraction of sp³-hybridized carbons (Fsp3) is 0.136. The highest BCUT2D eigenvalue weighted by Crippen LogP contribution is 2.22. The number of benzene rings is 3. The van der Waals surface area contributed by atoms with Crippen molar-refractivity contribution in [2.75, 3.05) is 0 Å². The Morgan fingerprint density at radius 3 is 2.46 bits per heavy atom. The fourth-order valence-corrected chi connectivity index (χ4v) is 2.34. The van der Waals surface area contributed by atoms with Gasteiger partial charge in [-0.25, -0.2) is 0 Å². The van der Waals surface area contributed by atoms with Crippen LogP contribution in [0, 0.1) is 18.8 Å². The molecule has 0 heterocycles. The molecule has 1 N–H and O–H groups in total. The Morgan fingerprint density at radius 1 is 1.00 bits per heavy atom. The van der Waals surface area contributed by atoms with Gasteiger partial charge in [-0.05, 0) is 54.4 Å². The summed E-state index contributed by atoms with van der Waals surface area (Å²) < 4.78 is 5.85. The monoisotopic (exact) mass is 315 g/mol. The molecule has 1 unspecified atom stereocenters. The highest BCUT2D eigenvalue weighted by molar-refractivity contribution is 5.85. The van der Waals surface area contributed by atoms with E-state index in [-0.39, 0.29) is 0 Å². The van der Waals surface area contributed by atoms with Crippen LogP contribution in [0.4, 0.5) is 0 Å². The molecule has 0 aliphatic carbocycles. The van der Waals surface area contributed by atoms with E-state index >= 15 is 0 Å².